The highest BCUT2D eigenvalue weighted by molar-refractivity contribution is 7.91. The molecular weight excluding hydrogens is 677 g/mol. The lowest BCUT2D eigenvalue weighted by atomic mass is 9.80. The minimum Gasteiger partial charge on any atom is -0.456 e. The van der Waals surface area contributed by atoms with Crippen LogP contribution in [0.25, 0.3) is 0 Å². The number of hydrogen-bond acceptors (Lipinski definition) is 8. The van der Waals surface area contributed by atoms with E-state index < -0.39 is 44.7 Å². The standard InChI is InChI=1S/C42H42N2O7S/c1-41(2,3)50-40(46)36-26-25-35(29-38(36)49-34-23-14-7-15-24-34)52(47,48)30-37-39(45)44(28-16-27-43-37)51-42(31-17-8-4-9-18-31,32-19-10-5-11-20-32)33-21-12-6-13-22-33/h4-15,17-26,29,37,43H,16,27-28,30H2,1-3H3/t37-/m0/s1. The summed E-state index contributed by atoms with van der Waals surface area (Å²) in [5, 5.41) is 4.45. The number of nitrogens with one attached hydrogen (secondary N) is 1. The molecule has 52 heavy (non-hydrogen) atoms. The quantitative estimate of drug-likeness (QED) is 0.112. The van der Waals surface area contributed by atoms with Crippen molar-refractivity contribution in [3.05, 3.63) is 162 Å². The predicted molar refractivity (Wildman–Crippen MR) is 199 cm³/mol. The lowest BCUT2D eigenvalue weighted by molar-refractivity contribution is -0.222. The zero-order valence-corrected chi connectivity index (χ0v) is 30.2. The van der Waals surface area contributed by atoms with Gasteiger partial charge in [0.25, 0.3) is 5.91 Å². The van der Waals surface area contributed by atoms with Crippen LogP contribution >= 0.6 is 0 Å². The van der Waals surface area contributed by atoms with E-state index in [9.17, 15) is 18.0 Å². The lowest BCUT2D eigenvalue weighted by Gasteiger charge is -2.39. The summed E-state index contributed by atoms with van der Waals surface area (Å²) < 4.78 is 39.8. The number of ether oxygens (including phenoxy) is 2. The molecule has 1 heterocycles. The van der Waals surface area contributed by atoms with Crippen molar-refractivity contribution in [3.8, 4) is 11.5 Å². The first-order valence-corrected chi connectivity index (χ1v) is 18.8. The van der Waals surface area contributed by atoms with Crippen LogP contribution in [0.2, 0.25) is 0 Å². The molecule has 1 N–H and O–H groups in total. The molecule has 0 aliphatic carbocycles. The van der Waals surface area contributed by atoms with E-state index >= 15 is 0 Å². The number of carbonyl (C=O) groups is 2. The summed E-state index contributed by atoms with van der Waals surface area (Å²) in [6, 6.07) is 40.7. The van der Waals surface area contributed by atoms with Gasteiger partial charge in [-0.1, -0.05) is 109 Å². The number of sulfone groups is 1. The molecule has 1 fully saturated rings. The van der Waals surface area contributed by atoms with E-state index in [1.165, 1.54) is 23.3 Å². The lowest BCUT2D eigenvalue weighted by Crippen LogP contribution is -2.50. The smallest absolute Gasteiger partial charge is 0.342 e. The van der Waals surface area contributed by atoms with Crippen molar-refractivity contribution in [1.82, 2.24) is 10.4 Å². The van der Waals surface area contributed by atoms with Gasteiger partial charge in [-0.25, -0.2) is 23.1 Å². The number of para-hydroxylation sites is 1. The molecule has 1 saturated heterocycles. The Balaban J connectivity index is 1.34. The molecule has 1 aliphatic heterocycles. The Hall–Kier alpha value is -5.29. The summed E-state index contributed by atoms with van der Waals surface area (Å²) >= 11 is 0. The topological polar surface area (TPSA) is 111 Å². The van der Waals surface area contributed by atoms with Gasteiger partial charge in [0.05, 0.1) is 10.6 Å². The molecule has 1 amide bonds. The van der Waals surface area contributed by atoms with Gasteiger partial charge in [-0.3, -0.25) is 4.79 Å². The first kappa shape index (κ1) is 36.5. The van der Waals surface area contributed by atoms with Gasteiger partial charge < -0.3 is 14.8 Å². The highest BCUT2D eigenvalue weighted by atomic mass is 32.2. The van der Waals surface area contributed by atoms with Gasteiger partial charge in [0.15, 0.2) is 15.4 Å². The van der Waals surface area contributed by atoms with Crippen LogP contribution in [0.15, 0.2) is 144 Å². The van der Waals surface area contributed by atoms with Crippen LogP contribution in [-0.4, -0.2) is 55.8 Å². The summed E-state index contributed by atoms with van der Waals surface area (Å²) in [5.41, 5.74) is 0.464. The van der Waals surface area contributed by atoms with Gasteiger partial charge in [-0.05, 0) is 74.7 Å². The Labute approximate surface area is 305 Å². The Morgan fingerprint density at radius 2 is 1.29 bits per heavy atom. The summed E-state index contributed by atoms with van der Waals surface area (Å²) in [7, 11) is -4.12. The Kier molecular flexibility index (Phi) is 10.9. The molecule has 0 saturated carbocycles. The monoisotopic (exact) mass is 718 g/mol. The highest BCUT2D eigenvalue weighted by Gasteiger charge is 2.43. The van der Waals surface area contributed by atoms with Gasteiger partial charge in [-0.2, -0.15) is 0 Å². The second-order valence-electron chi connectivity index (χ2n) is 13.5. The van der Waals surface area contributed by atoms with E-state index in [2.05, 4.69) is 5.32 Å². The number of carbonyl (C=O) groups excluding carboxylic acids is 2. The Bertz CT molecular complexity index is 1990. The minimum absolute atomic E-state index is 0.0185. The largest absolute Gasteiger partial charge is 0.456 e. The number of esters is 1. The maximum atomic E-state index is 14.4. The normalized spacial score (nSPS) is 15.5. The number of hydroxylamine groups is 2. The second-order valence-corrected chi connectivity index (χ2v) is 15.6. The molecular formula is C42H42N2O7S. The molecule has 6 rings (SSSR count). The molecule has 1 aliphatic rings. The number of amides is 1. The summed E-state index contributed by atoms with van der Waals surface area (Å²) in [5.74, 6) is -1.30. The summed E-state index contributed by atoms with van der Waals surface area (Å²) in [6.45, 7) is 5.86. The van der Waals surface area contributed by atoms with E-state index in [0.29, 0.717) is 18.7 Å². The fraction of sp³-hybridized carbons (Fsp3) is 0.238. The molecule has 0 spiro atoms. The van der Waals surface area contributed by atoms with Crippen LogP contribution in [0.5, 0.6) is 11.5 Å². The average molecular weight is 719 g/mol. The van der Waals surface area contributed by atoms with Crippen LogP contribution in [0.1, 0.15) is 54.2 Å². The molecule has 0 unspecified atom stereocenters. The first-order valence-electron chi connectivity index (χ1n) is 17.2. The predicted octanol–water partition coefficient (Wildman–Crippen LogP) is 7.32. The molecule has 0 aromatic heterocycles. The third kappa shape index (κ3) is 8.26. The van der Waals surface area contributed by atoms with Crippen molar-refractivity contribution < 1.29 is 32.3 Å². The van der Waals surface area contributed by atoms with Gasteiger partial charge in [0, 0.05) is 12.6 Å². The summed E-state index contributed by atoms with van der Waals surface area (Å²) in [6.07, 6.45) is 0.524. The fourth-order valence-electron chi connectivity index (χ4n) is 6.15. The highest BCUT2D eigenvalue weighted by Crippen LogP contribution is 2.41. The van der Waals surface area contributed by atoms with Gasteiger partial charge in [0.2, 0.25) is 0 Å². The molecule has 10 heteroatoms. The fourth-order valence-corrected chi connectivity index (χ4v) is 7.60. The van der Waals surface area contributed by atoms with Crippen molar-refractivity contribution in [3.63, 3.8) is 0 Å². The Morgan fingerprint density at radius 3 is 1.81 bits per heavy atom. The molecule has 0 radical (unpaired) electrons. The Morgan fingerprint density at radius 1 is 0.769 bits per heavy atom. The van der Waals surface area contributed by atoms with Crippen molar-refractivity contribution >= 4 is 21.7 Å². The number of nitrogens with zero attached hydrogens (tertiary/aromatic N) is 1. The van der Waals surface area contributed by atoms with Crippen molar-refractivity contribution in [2.75, 3.05) is 18.8 Å². The van der Waals surface area contributed by atoms with Crippen molar-refractivity contribution in [1.29, 1.82) is 0 Å². The zero-order valence-electron chi connectivity index (χ0n) is 29.4. The van der Waals surface area contributed by atoms with Crippen LogP contribution in [0.4, 0.5) is 0 Å². The first-order chi connectivity index (χ1) is 25.0. The SMILES string of the molecule is CC(C)(C)OC(=O)c1ccc(S(=O)(=O)C[C@@H]2NCCCN(OC(c3ccccc3)(c3ccccc3)c3ccccc3)C2=O)cc1Oc1ccccc1. The number of rotatable bonds is 11. The zero-order chi connectivity index (χ0) is 36.8. The summed E-state index contributed by atoms with van der Waals surface area (Å²) in [4.78, 5) is 34.4. The molecule has 0 bridgehead atoms. The van der Waals surface area contributed by atoms with E-state index in [0.717, 1.165) is 16.7 Å². The number of hydrogen-bond donors (Lipinski definition) is 1. The molecule has 268 valence electrons. The van der Waals surface area contributed by atoms with Crippen molar-refractivity contribution in [2.45, 2.75) is 49.3 Å². The maximum absolute atomic E-state index is 14.4. The van der Waals surface area contributed by atoms with Crippen LogP contribution in [0.3, 0.4) is 0 Å². The van der Waals surface area contributed by atoms with Crippen molar-refractivity contribution in [2.24, 2.45) is 0 Å². The minimum atomic E-state index is -4.12. The molecule has 9 nitrogen and oxygen atoms in total. The van der Waals surface area contributed by atoms with E-state index in [1.807, 2.05) is 97.1 Å². The molecule has 5 aromatic carbocycles. The maximum Gasteiger partial charge on any atom is 0.342 e. The average Bonchev–Trinajstić information content (AvgIpc) is 3.31. The van der Waals surface area contributed by atoms with E-state index in [1.54, 1.807) is 45.0 Å². The third-order valence-corrected chi connectivity index (χ3v) is 10.3. The van der Waals surface area contributed by atoms with Gasteiger partial charge in [-0.15, -0.1) is 0 Å². The second kappa shape index (κ2) is 15.5. The molecule has 1 atom stereocenters. The number of benzene rings is 5. The van der Waals surface area contributed by atoms with Crippen LogP contribution in [-0.2, 0) is 29.8 Å². The van der Waals surface area contributed by atoms with Crippen LogP contribution < -0.4 is 10.1 Å². The van der Waals surface area contributed by atoms with E-state index in [4.69, 9.17) is 14.3 Å². The van der Waals surface area contributed by atoms with Gasteiger partial charge >= 0.3 is 5.97 Å². The van der Waals surface area contributed by atoms with E-state index in [-0.39, 0.29) is 22.8 Å². The van der Waals surface area contributed by atoms with Gasteiger partial charge in [0.1, 0.15) is 28.7 Å². The molecule has 5 aromatic rings. The third-order valence-electron chi connectivity index (χ3n) is 8.55. The van der Waals surface area contributed by atoms with Crippen LogP contribution in [0, 0.1) is 0 Å².